The highest BCUT2D eigenvalue weighted by atomic mass is 16.3. The zero-order valence-electron chi connectivity index (χ0n) is 15.0. The van der Waals surface area contributed by atoms with Crippen LogP contribution < -0.4 is 5.32 Å². The van der Waals surface area contributed by atoms with E-state index < -0.39 is 6.10 Å². The van der Waals surface area contributed by atoms with E-state index in [0.717, 1.165) is 44.3 Å². The first-order valence-corrected chi connectivity index (χ1v) is 8.71. The molecule has 3 heterocycles. The third kappa shape index (κ3) is 2.59. The number of pyridine rings is 2. The van der Waals surface area contributed by atoms with Crippen molar-refractivity contribution >= 4 is 27.6 Å². The molecule has 0 aliphatic carbocycles. The van der Waals surface area contributed by atoms with Gasteiger partial charge >= 0.3 is 0 Å². The molecule has 1 atom stereocenters. The average molecular weight is 347 g/mol. The zero-order valence-corrected chi connectivity index (χ0v) is 15.0. The van der Waals surface area contributed by atoms with Gasteiger partial charge < -0.3 is 15.4 Å². The van der Waals surface area contributed by atoms with E-state index in [4.69, 9.17) is 0 Å². The number of nitrogens with one attached hydrogen (secondary N) is 2. The van der Waals surface area contributed by atoms with Crippen LogP contribution >= 0.6 is 0 Å². The average Bonchev–Trinajstić information content (AvgIpc) is 3.16. The molecule has 0 unspecified atom stereocenters. The third-order valence-corrected chi connectivity index (χ3v) is 4.80. The normalized spacial score (nSPS) is 12.6. The number of hydrogen-bond donors (Lipinski definition) is 3. The van der Waals surface area contributed by atoms with Gasteiger partial charge in [0.05, 0.1) is 29.2 Å². The Morgan fingerprint density at radius 2 is 1.96 bits per heavy atom. The minimum absolute atomic E-state index is 0.533. The Kier molecular flexibility index (Phi) is 4.05. The molecule has 26 heavy (non-hydrogen) atoms. The Labute approximate surface area is 151 Å². The molecule has 4 aromatic rings. The van der Waals surface area contributed by atoms with Gasteiger partial charge in [-0.05, 0) is 37.1 Å². The first-order valence-electron chi connectivity index (χ1n) is 8.71. The number of aliphatic hydroxyl groups excluding tert-OH is 1. The Morgan fingerprint density at radius 3 is 2.69 bits per heavy atom. The number of imidazole rings is 1. The summed E-state index contributed by atoms with van der Waals surface area (Å²) in [5, 5.41) is 15.2. The van der Waals surface area contributed by atoms with Crippen LogP contribution in [0, 0.1) is 6.92 Å². The maximum atomic E-state index is 10.1. The number of hydrogen-bond acceptors (Lipinski definition) is 5. The summed E-state index contributed by atoms with van der Waals surface area (Å²) in [7, 11) is 1.86. The summed E-state index contributed by atoms with van der Waals surface area (Å²) >= 11 is 0. The monoisotopic (exact) mass is 347 g/mol. The van der Waals surface area contributed by atoms with Crippen LogP contribution in [0.5, 0.6) is 0 Å². The van der Waals surface area contributed by atoms with Gasteiger partial charge in [-0.2, -0.15) is 0 Å². The van der Waals surface area contributed by atoms with E-state index in [1.807, 2.05) is 45.4 Å². The molecule has 0 spiro atoms. The molecule has 4 rings (SSSR count). The molecule has 0 amide bonds. The van der Waals surface area contributed by atoms with Crippen LogP contribution in [0.2, 0.25) is 0 Å². The van der Waals surface area contributed by atoms with Crippen molar-refractivity contribution < 1.29 is 5.11 Å². The molecule has 0 aliphatic rings. The lowest BCUT2D eigenvalue weighted by molar-refractivity contribution is 0.169. The van der Waals surface area contributed by atoms with E-state index in [2.05, 4.69) is 31.3 Å². The van der Waals surface area contributed by atoms with Gasteiger partial charge in [0.1, 0.15) is 5.82 Å². The molecule has 6 nitrogen and oxygen atoms in total. The summed E-state index contributed by atoms with van der Waals surface area (Å²) in [6, 6.07) is 6.07. The molecule has 0 saturated heterocycles. The van der Waals surface area contributed by atoms with E-state index in [0.29, 0.717) is 12.1 Å². The Morgan fingerprint density at radius 1 is 1.12 bits per heavy atom. The summed E-state index contributed by atoms with van der Waals surface area (Å²) in [6.45, 7) is 3.98. The number of aliphatic hydroxyl groups is 1. The highest BCUT2D eigenvalue weighted by Crippen LogP contribution is 2.35. The van der Waals surface area contributed by atoms with Crippen molar-refractivity contribution in [3.8, 4) is 11.1 Å². The lowest BCUT2D eigenvalue weighted by Crippen LogP contribution is -2.00. The number of aromatic nitrogens is 4. The highest BCUT2D eigenvalue weighted by Gasteiger charge is 2.15. The zero-order chi connectivity index (χ0) is 18.3. The number of aromatic amines is 1. The quantitative estimate of drug-likeness (QED) is 0.520. The first kappa shape index (κ1) is 16.5. The summed E-state index contributed by atoms with van der Waals surface area (Å²) in [5.41, 5.74) is 5.66. The molecule has 3 aromatic heterocycles. The van der Waals surface area contributed by atoms with Crippen molar-refractivity contribution in [2.45, 2.75) is 26.4 Å². The van der Waals surface area contributed by atoms with Gasteiger partial charge in [-0.15, -0.1) is 0 Å². The molecule has 0 aliphatic heterocycles. The van der Waals surface area contributed by atoms with Crippen molar-refractivity contribution in [3.63, 3.8) is 0 Å². The summed E-state index contributed by atoms with van der Waals surface area (Å²) in [4.78, 5) is 16.7. The van der Waals surface area contributed by atoms with Crippen LogP contribution in [0.15, 0.2) is 36.9 Å². The van der Waals surface area contributed by atoms with E-state index in [-0.39, 0.29) is 0 Å². The van der Waals surface area contributed by atoms with E-state index in [9.17, 15) is 5.11 Å². The molecule has 0 saturated carbocycles. The number of fused-ring (bicyclic) bond motifs is 3. The third-order valence-electron chi connectivity index (χ3n) is 4.80. The molecule has 1 aromatic carbocycles. The van der Waals surface area contributed by atoms with Crippen LogP contribution in [0.3, 0.4) is 0 Å². The van der Waals surface area contributed by atoms with Crippen LogP contribution in [-0.2, 0) is 0 Å². The van der Waals surface area contributed by atoms with Gasteiger partial charge in [0.2, 0.25) is 0 Å². The molecule has 132 valence electrons. The lowest BCUT2D eigenvalue weighted by Gasteiger charge is -2.13. The Balaban J connectivity index is 1.95. The van der Waals surface area contributed by atoms with Crippen LogP contribution in [-0.4, -0.2) is 32.1 Å². The van der Waals surface area contributed by atoms with Gasteiger partial charge in [0.25, 0.3) is 0 Å². The van der Waals surface area contributed by atoms with Crippen molar-refractivity contribution in [2.75, 3.05) is 12.4 Å². The fourth-order valence-electron chi connectivity index (χ4n) is 3.32. The van der Waals surface area contributed by atoms with E-state index in [1.54, 1.807) is 6.33 Å². The van der Waals surface area contributed by atoms with Gasteiger partial charge in [-0.25, -0.2) is 9.97 Å². The Bertz CT molecular complexity index is 1100. The number of benzene rings is 1. The maximum Gasteiger partial charge on any atom is 0.126 e. The molecule has 0 fully saturated rings. The van der Waals surface area contributed by atoms with Crippen molar-refractivity contribution in [3.05, 3.63) is 48.2 Å². The summed E-state index contributed by atoms with van der Waals surface area (Å²) in [6.07, 6.45) is 5.52. The standard InChI is InChI=1S/C20H21N5O/c1-4-17(26)16-5-11(2)15(9-22-16)14-6-12-8-23-18(21-3)7-13(12)19-20(14)25-10-24-19/h5-10,17,26H,4H2,1-3H3,(H,21,23)(H,24,25)/t17-/m1/s1. The topological polar surface area (TPSA) is 86.7 Å². The molecular formula is C20H21N5O. The van der Waals surface area contributed by atoms with Gasteiger partial charge in [-0.3, -0.25) is 4.98 Å². The predicted octanol–water partition coefficient (Wildman–Crippen LogP) is 3.97. The lowest BCUT2D eigenvalue weighted by atomic mass is 9.97. The van der Waals surface area contributed by atoms with Gasteiger partial charge in [0, 0.05) is 41.3 Å². The molecule has 6 heteroatoms. The molecule has 0 bridgehead atoms. The van der Waals surface area contributed by atoms with Crippen LogP contribution in [0.25, 0.3) is 32.9 Å². The number of H-pyrrole nitrogens is 1. The first-order chi connectivity index (χ1) is 12.6. The second kappa shape index (κ2) is 6.38. The highest BCUT2D eigenvalue weighted by molar-refractivity contribution is 6.11. The fraction of sp³-hybridized carbons (Fsp3) is 0.250. The molecule has 0 radical (unpaired) electrons. The predicted molar refractivity (Wildman–Crippen MR) is 104 cm³/mol. The van der Waals surface area contributed by atoms with Crippen LogP contribution in [0.1, 0.15) is 30.7 Å². The van der Waals surface area contributed by atoms with Crippen molar-refractivity contribution in [1.29, 1.82) is 0 Å². The molecule has 3 N–H and O–H groups in total. The fourth-order valence-corrected chi connectivity index (χ4v) is 3.32. The largest absolute Gasteiger partial charge is 0.387 e. The SMILES string of the molecule is CC[C@@H](O)c1cc(C)c(-c2cc3cnc(NC)cc3c3[nH]cnc23)cn1. The van der Waals surface area contributed by atoms with E-state index >= 15 is 0 Å². The second-order valence-corrected chi connectivity index (χ2v) is 6.44. The van der Waals surface area contributed by atoms with Gasteiger partial charge in [0.15, 0.2) is 0 Å². The molecular weight excluding hydrogens is 326 g/mol. The van der Waals surface area contributed by atoms with Crippen molar-refractivity contribution in [2.24, 2.45) is 0 Å². The minimum atomic E-state index is -0.533. The van der Waals surface area contributed by atoms with Crippen molar-refractivity contribution in [1.82, 2.24) is 19.9 Å². The number of anilines is 1. The number of aryl methyl sites for hydroxylation is 1. The number of nitrogens with zero attached hydrogens (tertiary/aromatic N) is 3. The second-order valence-electron chi connectivity index (χ2n) is 6.44. The number of rotatable bonds is 4. The summed E-state index contributed by atoms with van der Waals surface area (Å²) in [5.74, 6) is 0.817. The smallest absolute Gasteiger partial charge is 0.126 e. The van der Waals surface area contributed by atoms with Crippen LogP contribution in [0.4, 0.5) is 5.82 Å². The maximum absolute atomic E-state index is 10.1. The summed E-state index contributed by atoms with van der Waals surface area (Å²) < 4.78 is 0. The van der Waals surface area contributed by atoms with Gasteiger partial charge in [-0.1, -0.05) is 6.92 Å². The minimum Gasteiger partial charge on any atom is -0.387 e. The Hall–Kier alpha value is -2.99. The van der Waals surface area contributed by atoms with E-state index in [1.165, 1.54) is 0 Å².